The van der Waals surface area contributed by atoms with Crippen LogP contribution < -0.4 is 5.32 Å². The monoisotopic (exact) mass is 425 g/mol. The van der Waals surface area contributed by atoms with E-state index in [1.165, 1.54) is 50.1 Å². The van der Waals surface area contributed by atoms with E-state index < -0.39 is 10.0 Å². The van der Waals surface area contributed by atoms with Crippen molar-refractivity contribution in [1.29, 1.82) is 0 Å². The van der Waals surface area contributed by atoms with E-state index in [9.17, 15) is 13.2 Å². The molecule has 1 N–H and O–H groups in total. The molecule has 1 amide bonds. The van der Waals surface area contributed by atoms with Crippen LogP contribution in [0.25, 0.3) is 0 Å². The van der Waals surface area contributed by atoms with E-state index in [4.69, 9.17) is 0 Å². The van der Waals surface area contributed by atoms with Crippen molar-refractivity contribution in [3.05, 3.63) is 18.3 Å². The Balaban J connectivity index is 1.52. The molecule has 28 heavy (non-hydrogen) atoms. The van der Waals surface area contributed by atoms with Crippen LogP contribution in [0.4, 0.5) is 0 Å². The van der Waals surface area contributed by atoms with E-state index in [0.29, 0.717) is 24.0 Å². The van der Waals surface area contributed by atoms with Crippen molar-refractivity contribution in [2.45, 2.75) is 73.5 Å². The lowest BCUT2D eigenvalue weighted by molar-refractivity contribution is -0.120. The maximum Gasteiger partial charge on any atom is 0.244 e. The highest BCUT2D eigenvalue weighted by atomic mass is 32.2. The fourth-order valence-corrected chi connectivity index (χ4v) is 6.13. The number of aromatic nitrogens is 1. The Morgan fingerprint density at radius 2 is 1.86 bits per heavy atom. The zero-order chi connectivity index (χ0) is 20.0. The zero-order valence-corrected chi connectivity index (χ0v) is 18.2. The Morgan fingerprint density at radius 1 is 1.18 bits per heavy atom. The Hall–Kier alpha value is -1.12. The summed E-state index contributed by atoms with van der Waals surface area (Å²) in [4.78, 5) is 16.9. The first-order valence-electron chi connectivity index (χ1n) is 10.4. The van der Waals surface area contributed by atoms with Gasteiger partial charge in [-0.05, 0) is 50.7 Å². The van der Waals surface area contributed by atoms with Crippen molar-refractivity contribution in [3.63, 3.8) is 0 Å². The lowest BCUT2D eigenvalue weighted by atomic mass is 9.89. The molecule has 8 heteroatoms. The standard InChI is InChI=1S/C20H31N3O3S2/c1-16(20(24)22-14-17-8-4-2-5-9-17)27-19-11-10-18(15-21-19)28(25,26)23-12-6-3-7-13-23/h10-11,15-17H,2-9,12-14H2,1H3,(H,22,24). The second-order valence-electron chi connectivity index (χ2n) is 7.81. The molecule has 1 aliphatic carbocycles. The lowest BCUT2D eigenvalue weighted by Gasteiger charge is -2.25. The molecule has 1 saturated heterocycles. The van der Waals surface area contributed by atoms with Crippen molar-refractivity contribution in [3.8, 4) is 0 Å². The van der Waals surface area contributed by atoms with Gasteiger partial charge < -0.3 is 5.32 Å². The van der Waals surface area contributed by atoms with E-state index in [1.54, 1.807) is 16.4 Å². The molecule has 0 radical (unpaired) electrons. The average molecular weight is 426 g/mol. The van der Waals surface area contributed by atoms with Crippen LogP contribution in [0.2, 0.25) is 0 Å². The Morgan fingerprint density at radius 3 is 2.50 bits per heavy atom. The first-order chi connectivity index (χ1) is 13.5. The van der Waals surface area contributed by atoms with Gasteiger partial charge in [0, 0.05) is 25.8 Å². The minimum atomic E-state index is -3.46. The number of nitrogens with one attached hydrogen (secondary N) is 1. The molecular weight excluding hydrogens is 394 g/mol. The molecule has 0 aromatic carbocycles. The van der Waals surface area contributed by atoms with Crippen LogP contribution in [0.5, 0.6) is 0 Å². The summed E-state index contributed by atoms with van der Waals surface area (Å²) in [7, 11) is -3.46. The third-order valence-electron chi connectivity index (χ3n) is 5.62. The number of rotatable bonds is 7. The van der Waals surface area contributed by atoms with E-state index >= 15 is 0 Å². The molecule has 1 aromatic heterocycles. The maximum atomic E-state index is 12.7. The minimum absolute atomic E-state index is 0.0161. The minimum Gasteiger partial charge on any atom is -0.355 e. The number of hydrogen-bond donors (Lipinski definition) is 1. The molecule has 1 unspecified atom stereocenters. The van der Waals surface area contributed by atoms with Crippen molar-refractivity contribution in [1.82, 2.24) is 14.6 Å². The zero-order valence-electron chi connectivity index (χ0n) is 16.6. The molecule has 0 spiro atoms. The quantitative estimate of drug-likeness (QED) is 0.677. The predicted molar refractivity (Wildman–Crippen MR) is 112 cm³/mol. The second kappa shape index (κ2) is 10.1. The molecular formula is C20H31N3O3S2. The van der Waals surface area contributed by atoms with Crippen LogP contribution >= 0.6 is 11.8 Å². The predicted octanol–water partition coefficient (Wildman–Crippen LogP) is 3.43. The van der Waals surface area contributed by atoms with Gasteiger partial charge in [-0.2, -0.15) is 4.31 Å². The van der Waals surface area contributed by atoms with Gasteiger partial charge in [0.1, 0.15) is 4.90 Å². The Bertz CT molecular complexity index is 740. The summed E-state index contributed by atoms with van der Waals surface area (Å²) in [6, 6.07) is 3.30. The van der Waals surface area contributed by atoms with Gasteiger partial charge in [0.15, 0.2) is 0 Å². The topological polar surface area (TPSA) is 79.4 Å². The largest absolute Gasteiger partial charge is 0.355 e. The van der Waals surface area contributed by atoms with Gasteiger partial charge in [-0.1, -0.05) is 37.4 Å². The van der Waals surface area contributed by atoms with Crippen molar-refractivity contribution >= 4 is 27.7 Å². The number of carbonyl (C=O) groups is 1. The highest BCUT2D eigenvalue weighted by Gasteiger charge is 2.26. The van der Waals surface area contributed by atoms with E-state index in [-0.39, 0.29) is 16.1 Å². The van der Waals surface area contributed by atoms with Gasteiger partial charge in [0.25, 0.3) is 0 Å². The van der Waals surface area contributed by atoms with Gasteiger partial charge in [-0.3, -0.25) is 4.79 Å². The van der Waals surface area contributed by atoms with E-state index in [0.717, 1.165) is 25.8 Å². The summed E-state index contributed by atoms with van der Waals surface area (Å²) in [5.74, 6) is 0.620. The third-order valence-corrected chi connectivity index (χ3v) is 8.55. The van der Waals surface area contributed by atoms with Crippen LogP contribution in [0.3, 0.4) is 0 Å². The summed E-state index contributed by atoms with van der Waals surface area (Å²) in [5, 5.41) is 3.46. The van der Waals surface area contributed by atoms with Crippen molar-refractivity contribution in [2.75, 3.05) is 19.6 Å². The van der Waals surface area contributed by atoms with Gasteiger partial charge in [-0.15, -0.1) is 0 Å². The molecule has 156 valence electrons. The lowest BCUT2D eigenvalue weighted by Crippen LogP contribution is -2.35. The summed E-state index contributed by atoms with van der Waals surface area (Å²) >= 11 is 1.36. The second-order valence-corrected chi connectivity index (χ2v) is 11.1. The molecule has 1 aliphatic heterocycles. The van der Waals surface area contributed by atoms with Crippen molar-refractivity contribution < 1.29 is 13.2 Å². The molecule has 2 aliphatic rings. The fourth-order valence-electron chi connectivity index (χ4n) is 3.86. The van der Waals surface area contributed by atoms with Crippen molar-refractivity contribution in [2.24, 2.45) is 5.92 Å². The molecule has 2 heterocycles. The third kappa shape index (κ3) is 5.70. The van der Waals surface area contributed by atoms with E-state index in [2.05, 4.69) is 10.3 Å². The molecule has 1 saturated carbocycles. The fraction of sp³-hybridized carbons (Fsp3) is 0.700. The first-order valence-corrected chi connectivity index (χ1v) is 12.7. The molecule has 3 rings (SSSR count). The molecule has 6 nitrogen and oxygen atoms in total. The number of hydrogen-bond acceptors (Lipinski definition) is 5. The number of amides is 1. The highest BCUT2D eigenvalue weighted by Crippen LogP contribution is 2.26. The van der Waals surface area contributed by atoms with Gasteiger partial charge in [-0.25, -0.2) is 13.4 Å². The summed E-state index contributed by atoms with van der Waals surface area (Å²) in [6.45, 7) is 3.78. The Labute approximate surface area is 172 Å². The Kier molecular flexibility index (Phi) is 7.77. The number of piperidine rings is 1. The summed E-state index contributed by atoms with van der Waals surface area (Å²) in [6.07, 6.45) is 10.6. The maximum absolute atomic E-state index is 12.7. The number of pyridine rings is 1. The van der Waals surface area contributed by atoms with E-state index in [1.807, 2.05) is 6.92 Å². The number of carbonyl (C=O) groups excluding carboxylic acids is 1. The number of sulfonamides is 1. The number of thioether (sulfide) groups is 1. The molecule has 1 atom stereocenters. The SMILES string of the molecule is CC(Sc1ccc(S(=O)(=O)N2CCCCC2)cn1)C(=O)NCC1CCCCC1. The van der Waals surface area contributed by atoms with Crippen LogP contribution in [-0.2, 0) is 14.8 Å². The normalized spacial score (nSPS) is 20.6. The van der Waals surface area contributed by atoms with Crippen LogP contribution in [0.1, 0.15) is 58.3 Å². The first kappa shape index (κ1) is 21.6. The molecule has 2 fully saturated rings. The van der Waals surface area contributed by atoms with Gasteiger partial charge in [0.05, 0.1) is 10.3 Å². The van der Waals surface area contributed by atoms with Crippen LogP contribution in [-0.4, -0.2) is 48.5 Å². The smallest absolute Gasteiger partial charge is 0.244 e. The summed E-state index contributed by atoms with van der Waals surface area (Å²) < 4.78 is 26.9. The number of nitrogens with zero attached hydrogens (tertiary/aromatic N) is 2. The van der Waals surface area contributed by atoms with Gasteiger partial charge in [0.2, 0.25) is 15.9 Å². The highest BCUT2D eigenvalue weighted by molar-refractivity contribution is 8.00. The van der Waals surface area contributed by atoms with Crippen LogP contribution in [0, 0.1) is 5.92 Å². The van der Waals surface area contributed by atoms with Crippen LogP contribution in [0.15, 0.2) is 28.3 Å². The summed E-state index contributed by atoms with van der Waals surface area (Å²) in [5.41, 5.74) is 0. The van der Waals surface area contributed by atoms with Gasteiger partial charge >= 0.3 is 0 Å². The molecule has 1 aromatic rings. The average Bonchev–Trinajstić information content (AvgIpc) is 2.73. The molecule has 0 bridgehead atoms.